The monoisotopic (exact) mass is 293 g/mol. The van der Waals surface area contributed by atoms with Gasteiger partial charge in [0.25, 0.3) is 0 Å². The molecule has 0 N–H and O–H groups in total. The van der Waals surface area contributed by atoms with E-state index in [2.05, 4.69) is 81.8 Å². The summed E-state index contributed by atoms with van der Waals surface area (Å²) in [4.78, 5) is 0. The van der Waals surface area contributed by atoms with Crippen LogP contribution in [0.1, 0.15) is 39.7 Å². The zero-order valence-corrected chi connectivity index (χ0v) is 14.5. The van der Waals surface area contributed by atoms with E-state index in [1.54, 1.807) is 0 Å². The van der Waals surface area contributed by atoms with Gasteiger partial charge in [-0.1, -0.05) is 52.0 Å². The topological polar surface area (TPSA) is 4.93 Å². The van der Waals surface area contributed by atoms with Crippen LogP contribution < -0.4 is 0 Å². The number of aromatic nitrogens is 1. The maximum Gasteiger partial charge on any atom is 0.0488 e. The van der Waals surface area contributed by atoms with Crippen LogP contribution >= 0.6 is 0 Å². The van der Waals surface area contributed by atoms with Crippen molar-refractivity contribution in [3.05, 3.63) is 48.0 Å². The van der Waals surface area contributed by atoms with Crippen LogP contribution in [0.15, 0.2) is 42.5 Å². The summed E-state index contributed by atoms with van der Waals surface area (Å²) in [6, 6.07) is 15.7. The molecular weight excluding hydrogens is 266 g/mol. The molecule has 3 aromatic rings. The van der Waals surface area contributed by atoms with Crippen LogP contribution in [0.2, 0.25) is 0 Å². The fourth-order valence-electron chi connectivity index (χ4n) is 4.05. The molecule has 0 spiro atoms. The van der Waals surface area contributed by atoms with Gasteiger partial charge < -0.3 is 4.57 Å². The van der Waals surface area contributed by atoms with Crippen molar-refractivity contribution in [3.63, 3.8) is 0 Å². The summed E-state index contributed by atoms with van der Waals surface area (Å²) in [7, 11) is 2.16. The summed E-state index contributed by atoms with van der Waals surface area (Å²) in [5.41, 5.74) is 4.45. The van der Waals surface area contributed by atoms with E-state index in [0.29, 0.717) is 5.41 Å². The highest BCUT2D eigenvalue weighted by molar-refractivity contribution is 6.08. The van der Waals surface area contributed by atoms with Crippen LogP contribution in [0.5, 0.6) is 0 Å². The molecule has 0 amide bonds. The molecule has 0 aliphatic rings. The lowest BCUT2D eigenvalue weighted by atomic mass is 9.79. The van der Waals surface area contributed by atoms with Gasteiger partial charge in [0, 0.05) is 28.9 Å². The molecule has 1 heterocycles. The van der Waals surface area contributed by atoms with E-state index < -0.39 is 0 Å². The second-order valence-electron chi connectivity index (χ2n) is 7.87. The smallest absolute Gasteiger partial charge is 0.0488 e. The number of hydrogen-bond acceptors (Lipinski definition) is 0. The molecule has 0 fully saturated rings. The Hall–Kier alpha value is -1.76. The van der Waals surface area contributed by atoms with E-state index in [1.165, 1.54) is 33.8 Å². The summed E-state index contributed by atoms with van der Waals surface area (Å²) in [6.07, 6.45) is 2.41. The minimum Gasteiger partial charge on any atom is -0.344 e. The number of hydrogen-bond donors (Lipinski definition) is 0. The Balaban J connectivity index is 2.05. The van der Waals surface area contributed by atoms with Crippen LogP contribution in [-0.2, 0) is 13.5 Å². The second-order valence-corrected chi connectivity index (χ2v) is 7.87. The molecule has 0 saturated heterocycles. The molecule has 22 heavy (non-hydrogen) atoms. The average molecular weight is 293 g/mol. The molecule has 1 aromatic heterocycles. The summed E-state index contributed by atoms with van der Waals surface area (Å²) in [6.45, 7) is 9.41. The van der Waals surface area contributed by atoms with E-state index in [0.717, 1.165) is 12.3 Å². The molecule has 1 nitrogen and oxygen atoms in total. The third kappa shape index (κ3) is 2.77. The van der Waals surface area contributed by atoms with E-state index in [9.17, 15) is 0 Å². The van der Waals surface area contributed by atoms with Gasteiger partial charge in [-0.15, -0.1) is 0 Å². The SMILES string of the molecule is CC(C)CC(C)(C)Cc1ccc2c(c1)c1ccccc1n2C. The van der Waals surface area contributed by atoms with Gasteiger partial charge in [-0.25, -0.2) is 0 Å². The Bertz CT molecular complexity index is 805. The van der Waals surface area contributed by atoms with Gasteiger partial charge >= 0.3 is 0 Å². The number of para-hydroxylation sites is 1. The molecule has 0 radical (unpaired) electrons. The molecule has 0 saturated carbocycles. The standard InChI is InChI=1S/C21H27N/c1-15(2)13-21(3,4)14-16-10-11-20-18(12-16)17-8-6-7-9-19(17)22(20)5/h6-12,15H,13-14H2,1-5H3. The molecule has 0 aliphatic heterocycles. The summed E-state index contributed by atoms with van der Waals surface area (Å²) >= 11 is 0. The van der Waals surface area contributed by atoms with Crippen LogP contribution in [-0.4, -0.2) is 4.57 Å². The van der Waals surface area contributed by atoms with Crippen molar-refractivity contribution in [1.29, 1.82) is 0 Å². The third-order valence-electron chi connectivity index (χ3n) is 4.62. The van der Waals surface area contributed by atoms with Gasteiger partial charge in [0.05, 0.1) is 0 Å². The van der Waals surface area contributed by atoms with Gasteiger partial charge in [-0.05, 0) is 47.9 Å². The Morgan fingerprint density at radius 3 is 2.36 bits per heavy atom. The Labute approximate surface area is 133 Å². The Morgan fingerprint density at radius 2 is 1.64 bits per heavy atom. The first-order valence-corrected chi connectivity index (χ1v) is 8.33. The average Bonchev–Trinajstić information content (AvgIpc) is 2.71. The van der Waals surface area contributed by atoms with Gasteiger partial charge in [0.2, 0.25) is 0 Å². The van der Waals surface area contributed by atoms with Crippen molar-refractivity contribution in [2.45, 2.75) is 40.5 Å². The summed E-state index contributed by atoms with van der Waals surface area (Å²) < 4.78 is 2.30. The highest BCUT2D eigenvalue weighted by Crippen LogP contribution is 2.33. The van der Waals surface area contributed by atoms with Crippen molar-refractivity contribution in [1.82, 2.24) is 4.57 Å². The summed E-state index contributed by atoms with van der Waals surface area (Å²) in [5.74, 6) is 0.747. The predicted octanol–water partition coefficient (Wildman–Crippen LogP) is 5.95. The van der Waals surface area contributed by atoms with Crippen molar-refractivity contribution < 1.29 is 0 Å². The first kappa shape index (κ1) is 15.1. The fraction of sp³-hybridized carbons (Fsp3) is 0.429. The van der Waals surface area contributed by atoms with Crippen LogP contribution in [0.4, 0.5) is 0 Å². The fourth-order valence-corrected chi connectivity index (χ4v) is 4.05. The number of benzene rings is 2. The second kappa shape index (κ2) is 5.46. The maximum atomic E-state index is 2.40. The first-order chi connectivity index (χ1) is 10.4. The quantitative estimate of drug-likeness (QED) is 0.560. The Morgan fingerprint density at radius 1 is 0.955 bits per heavy atom. The van der Waals surface area contributed by atoms with Crippen molar-refractivity contribution in [2.75, 3.05) is 0 Å². The molecular formula is C21H27N. The minimum absolute atomic E-state index is 0.354. The van der Waals surface area contributed by atoms with Crippen LogP contribution in [0.25, 0.3) is 21.8 Å². The predicted molar refractivity (Wildman–Crippen MR) is 97.4 cm³/mol. The maximum absolute atomic E-state index is 2.40. The molecule has 0 bridgehead atoms. The molecule has 2 aromatic carbocycles. The number of fused-ring (bicyclic) bond motifs is 3. The van der Waals surface area contributed by atoms with Crippen LogP contribution in [0.3, 0.4) is 0 Å². The van der Waals surface area contributed by atoms with Crippen molar-refractivity contribution in [3.8, 4) is 0 Å². The lowest BCUT2D eigenvalue weighted by Gasteiger charge is -2.27. The molecule has 0 unspecified atom stereocenters. The molecule has 116 valence electrons. The van der Waals surface area contributed by atoms with E-state index in [1.807, 2.05) is 0 Å². The van der Waals surface area contributed by atoms with Crippen LogP contribution in [0, 0.1) is 11.3 Å². The number of nitrogens with zero attached hydrogens (tertiary/aromatic N) is 1. The number of aryl methyl sites for hydroxylation is 1. The lowest BCUT2D eigenvalue weighted by molar-refractivity contribution is 0.285. The zero-order chi connectivity index (χ0) is 15.9. The summed E-state index contributed by atoms with van der Waals surface area (Å²) in [5, 5.41) is 2.75. The largest absolute Gasteiger partial charge is 0.344 e. The highest BCUT2D eigenvalue weighted by Gasteiger charge is 2.20. The molecule has 0 aliphatic carbocycles. The van der Waals surface area contributed by atoms with Gasteiger partial charge in [0.1, 0.15) is 0 Å². The molecule has 1 heteroatoms. The lowest BCUT2D eigenvalue weighted by Crippen LogP contribution is -2.17. The van der Waals surface area contributed by atoms with Gasteiger partial charge in [0.15, 0.2) is 0 Å². The van der Waals surface area contributed by atoms with E-state index in [4.69, 9.17) is 0 Å². The third-order valence-corrected chi connectivity index (χ3v) is 4.62. The van der Waals surface area contributed by atoms with Crippen molar-refractivity contribution in [2.24, 2.45) is 18.4 Å². The van der Waals surface area contributed by atoms with Gasteiger partial charge in [-0.3, -0.25) is 0 Å². The van der Waals surface area contributed by atoms with Crippen molar-refractivity contribution >= 4 is 21.8 Å². The molecule has 3 rings (SSSR count). The normalized spacial score (nSPS) is 12.6. The Kier molecular flexibility index (Phi) is 3.76. The first-order valence-electron chi connectivity index (χ1n) is 8.33. The van der Waals surface area contributed by atoms with Gasteiger partial charge in [-0.2, -0.15) is 0 Å². The minimum atomic E-state index is 0.354. The zero-order valence-electron chi connectivity index (χ0n) is 14.5. The van der Waals surface area contributed by atoms with E-state index >= 15 is 0 Å². The van der Waals surface area contributed by atoms with E-state index in [-0.39, 0.29) is 0 Å². The highest BCUT2D eigenvalue weighted by atomic mass is 14.9. The number of rotatable bonds is 4. The molecule has 0 atom stereocenters.